The van der Waals surface area contributed by atoms with Crippen molar-refractivity contribution < 1.29 is 14.3 Å². The average molecular weight is 420 g/mol. The van der Waals surface area contributed by atoms with Crippen LogP contribution in [0.3, 0.4) is 0 Å². The molecule has 0 aliphatic rings. The van der Waals surface area contributed by atoms with Crippen LogP contribution >= 0.6 is 23.4 Å². The van der Waals surface area contributed by atoms with Gasteiger partial charge < -0.3 is 14.8 Å². The first-order valence-electron chi connectivity index (χ1n) is 8.76. The van der Waals surface area contributed by atoms with Gasteiger partial charge in [0, 0.05) is 23.9 Å². The van der Waals surface area contributed by atoms with Crippen LogP contribution in [-0.4, -0.2) is 30.9 Å². The number of anilines is 1. The Kier molecular flexibility index (Phi) is 8.42. The molecule has 0 saturated carbocycles. The number of aromatic nitrogens is 1. The SMILES string of the molecule is CCCc1ccc(C#N)c(SCCC(=O)Nc2cc(Cl)c(OC)cc2OC)n1. The number of rotatable bonds is 9. The van der Waals surface area contributed by atoms with Gasteiger partial charge in [-0.05, 0) is 24.6 Å². The molecule has 0 aliphatic carbocycles. The van der Waals surface area contributed by atoms with Gasteiger partial charge in [-0.15, -0.1) is 11.8 Å². The minimum Gasteiger partial charge on any atom is -0.495 e. The van der Waals surface area contributed by atoms with Crippen LogP contribution in [-0.2, 0) is 11.2 Å². The summed E-state index contributed by atoms with van der Waals surface area (Å²) in [7, 11) is 3.02. The number of hydrogen-bond donors (Lipinski definition) is 1. The Hall–Kier alpha value is -2.43. The topological polar surface area (TPSA) is 84.2 Å². The molecule has 0 atom stereocenters. The third-order valence-corrected chi connectivity index (χ3v) is 5.15. The van der Waals surface area contributed by atoms with Gasteiger partial charge in [0.1, 0.15) is 22.6 Å². The van der Waals surface area contributed by atoms with Gasteiger partial charge in [0.25, 0.3) is 0 Å². The minimum atomic E-state index is -0.185. The molecule has 148 valence electrons. The molecule has 0 spiro atoms. The highest BCUT2D eigenvalue weighted by atomic mass is 35.5. The van der Waals surface area contributed by atoms with E-state index in [1.807, 2.05) is 6.07 Å². The maximum atomic E-state index is 12.3. The Morgan fingerprint density at radius 2 is 2.04 bits per heavy atom. The predicted octanol–water partition coefficient (Wildman–Crippen LogP) is 4.70. The first kappa shape index (κ1) is 21.9. The number of benzene rings is 1. The van der Waals surface area contributed by atoms with Crippen LogP contribution in [0.1, 0.15) is 31.0 Å². The van der Waals surface area contributed by atoms with E-state index in [-0.39, 0.29) is 12.3 Å². The van der Waals surface area contributed by atoms with E-state index in [4.69, 9.17) is 21.1 Å². The predicted molar refractivity (Wildman–Crippen MR) is 111 cm³/mol. The monoisotopic (exact) mass is 419 g/mol. The van der Waals surface area contributed by atoms with Crippen LogP contribution in [0.5, 0.6) is 11.5 Å². The summed E-state index contributed by atoms with van der Waals surface area (Å²) >= 11 is 7.52. The highest BCUT2D eigenvalue weighted by Crippen LogP contribution is 2.36. The molecule has 1 aromatic carbocycles. The van der Waals surface area contributed by atoms with E-state index in [0.29, 0.717) is 38.6 Å². The average Bonchev–Trinajstić information content (AvgIpc) is 2.68. The summed E-state index contributed by atoms with van der Waals surface area (Å²) in [6.07, 6.45) is 2.09. The van der Waals surface area contributed by atoms with Crippen molar-refractivity contribution >= 4 is 35.0 Å². The first-order chi connectivity index (χ1) is 13.5. The lowest BCUT2D eigenvalue weighted by Gasteiger charge is -2.13. The lowest BCUT2D eigenvalue weighted by Crippen LogP contribution is -2.13. The second-order valence-electron chi connectivity index (χ2n) is 5.85. The Balaban J connectivity index is 1.99. The van der Waals surface area contributed by atoms with Crippen molar-refractivity contribution in [2.45, 2.75) is 31.2 Å². The van der Waals surface area contributed by atoms with E-state index in [1.54, 1.807) is 18.2 Å². The number of methoxy groups -OCH3 is 2. The van der Waals surface area contributed by atoms with Crippen LogP contribution in [0.2, 0.25) is 5.02 Å². The zero-order valence-corrected chi connectivity index (χ0v) is 17.6. The first-order valence-corrected chi connectivity index (χ1v) is 10.1. The molecule has 0 fully saturated rings. The second-order valence-corrected chi connectivity index (χ2v) is 7.34. The summed E-state index contributed by atoms with van der Waals surface area (Å²) in [5.74, 6) is 1.24. The van der Waals surface area contributed by atoms with Gasteiger partial charge >= 0.3 is 0 Å². The third kappa shape index (κ3) is 5.78. The zero-order chi connectivity index (χ0) is 20.5. The molecule has 1 amide bonds. The highest BCUT2D eigenvalue weighted by molar-refractivity contribution is 7.99. The molecule has 2 rings (SSSR count). The quantitative estimate of drug-likeness (QED) is 0.593. The van der Waals surface area contributed by atoms with Gasteiger partial charge in [-0.25, -0.2) is 4.98 Å². The summed E-state index contributed by atoms with van der Waals surface area (Å²) in [6, 6.07) is 9.02. The van der Waals surface area contributed by atoms with Crippen LogP contribution in [0.25, 0.3) is 0 Å². The van der Waals surface area contributed by atoms with Crippen molar-refractivity contribution in [3.05, 3.63) is 40.5 Å². The van der Waals surface area contributed by atoms with Crippen molar-refractivity contribution in [2.24, 2.45) is 0 Å². The third-order valence-electron chi connectivity index (χ3n) is 3.86. The summed E-state index contributed by atoms with van der Waals surface area (Å²) in [5.41, 5.74) is 1.95. The number of pyridine rings is 1. The number of amides is 1. The zero-order valence-electron chi connectivity index (χ0n) is 16.0. The molecular weight excluding hydrogens is 398 g/mol. The number of ether oxygens (including phenoxy) is 2. The van der Waals surface area contributed by atoms with E-state index >= 15 is 0 Å². The molecule has 0 saturated heterocycles. The normalized spacial score (nSPS) is 10.2. The fourth-order valence-corrected chi connectivity index (χ4v) is 3.65. The van der Waals surface area contributed by atoms with Gasteiger partial charge in [-0.2, -0.15) is 5.26 Å². The lowest BCUT2D eigenvalue weighted by molar-refractivity contribution is -0.115. The maximum Gasteiger partial charge on any atom is 0.225 e. The maximum absolute atomic E-state index is 12.3. The largest absolute Gasteiger partial charge is 0.495 e. The fourth-order valence-electron chi connectivity index (χ4n) is 2.48. The number of aryl methyl sites for hydroxylation is 1. The van der Waals surface area contributed by atoms with Gasteiger partial charge in [-0.1, -0.05) is 24.9 Å². The van der Waals surface area contributed by atoms with Gasteiger partial charge in [0.15, 0.2) is 0 Å². The number of hydrogen-bond acceptors (Lipinski definition) is 6. The summed E-state index contributed by atoms with van der Waals surface area (Å²) in [5, 5.41) is 13.1. The smallest absolute Gasteiger partial charge is 0.225 e. The van der Waals surface area contributed by atoms with Gasteiger partial charge in [0.05, 0.1) is 30.5 Å². The van der Waals surface area contributed by atoms with E-state index < -0.39 is 0 Å². The molecule has 2 aromatic rings. The molecule has 8 heteroatoms. The van der Waals surface area contributed by atoms with E-state index in [2.05, 4.69) is 23.3 Å². The van der Waals surface area contributed by atoms with E-state index in [9.17, 15) is 10.1 Å². The Morgan fingerprint density at radius 1 is 1.29 bits per heavy atom. The second kappa shape index (κ2) is 10.8. The van der Waals surface area contributed by atoms with Crippen molar-refractivity contribution in [1.29, 1.82) is 5.26 Å². The van der Waals surface area contributed by atoms with Crippen LogP contribution < -0.4 is 14.8 Å². The number of carbonyl (C=O) groups excluding carboxylic acids is 1. The van der Waals surface area contributed by atoms with Crippen LogP contribution in [0, 0.1) is 11.3 Å². The number of nitrogens with zero attached hydrogens (tertiary/aromatic N) is 2. The molecule has 0 bridgehead atoms. The number of thioether (sulfide) groups is 1. The Bertz CT molecular complexity index is 884. The van der Waals surface area contributed by atoms with Crippen molar-refractivity contribution in [3.8, 4) is 17.6 Å². The molecule has 0 unspecified atom stereocenters. The van der Waals surface area contributed by atoms with Crippen molar-refractivity contribution in [2.75, 3.05) is 25.3 Å². The molecule has 0 aliphatic heterocycles. The highest BCUT2D eigenvalue weighted by Gasteiger charge is 2.13. The van der Waals surface area contributed by atoms with Crippen LogP contribution in [0.15, 0.2) is 29.3 Å². The van der Waals surface area contributed by atoms with Crippen molar-refractivity contribution in [1.82, 2.24) is 4.98 Å². The fraction of sp³-hybridized carbons (Fsp3) is 0.350. The van der Waals surface area contributed by atoms with E-state index in [0.717, 1.165) is 18.5 Å². The van der Waals surface area contributed by atoms with Gasteiger partial charge in [0.2, 0.25) is 5.91 Å². The Labute approximate surface area is 174 Å². The number of halogens is 1. The molecule has 1 N–H and O–H groups in total. The summed E-state index contributed by atoms with van der Waals surface area (Å²) in [4.78, 5) is 16.9. The number of nitrogens with one attached hydrogen (secondary N) is 1. The van der Waals surface area contributed by atoms with Crippen LogP contribution in [0.4, 0.5) is 5.69 Å². The molecule has 6 nitrogen and oxygen atoms in total. The molecule has 0 radical (unpaired) electrons. The summed E-state index contributed by atoms with van der Waals surface area (Å²) in [6.45, 7) is 2.08. The lowest BCUT2D eigenvalue weighted by atomic mass is 10.2. The number of nitriles is 1. The standard InChI is InChI=1S/C20H22ClN3O3S/c1-4-5-14-7-6-13(12-22)20(23-14)28-9-8-19(25)24-16-10-15(21)17(26-2)11-18(16)27-3/h6-7,10-11H,4-5,8-9H2,1-3H3,(H,24,25). The summed E-state index contributed by atoms with van der Waals surface area (Å²) < 4.78 is 10.4. The van der Waals surface area contributed by atoms with Gasteiger partial charge in [-0.3, -0.25) is 4.79 Å². The molecule has 28 heavy (non-hydrogen) atoms. The molecular formula is C20H22ClN3O3S. The molecule has 1 heterocycles. The number of carbonyl (C=O) groups is 1. The minimum absolute atomic E-state index is 0.185. The molecule has 1 aromatic heterocycles. The Morgan fingerprint density at radius 3 is 2.68 bits per heavy atom. The van der Waals surface area contributed by atoms with E-state index in [1.165, 1.54) is 26.0 Å². The van der Waals surface area contributed by atoms with Crippen molar-refractivity contribution in [3.63, 3.8) is 0 Å².